The highest BCUT2D eigenvalue weighted by atomic mass is 15.0. The fourth-order valence-electron chi connectivity index (χ4n) is 2.07. The highest BCUT2D eigenvalue weighted by Crippen LogP contribution is 2.23. The van der Waals surface area contributed by atoms with E-state index in [0.29, 0.717) is 0 Å². The van der Waals surface area contributed by atoms with Gasteiger partial charge in [-0.25, -0.2) is 4.98 Å². The summed E-state index contributed by atoms with van der Waals surface area (Å²) in [6.45, 7) is 6.27. The number of benzene rings is 1. The summed E-state index contributed by atoms with van der Waals surface area (Å²) in [5, 5.41) is 0. The molecule has 0 aliphatic heterocycles. The maximum atomic E-state index is 6.20. The Morgan fingerprint density at radius 1 is 1.21 bits per heavy atom. The van der Waals surface area contributed by atoms with Gasteiger partial charge in [0, 0.05) is 0 Å². The summed E-state index contributed by atoms with van der Waals surface area (Å²) in [5.74, 6) is 0.850. The zero-order chi connectivity index (χ0) is 13.9. The summed E-state index contributed by atoms with van der Waals surface area (Å²) in [7, 11) is 0. The molecule has 1 aromatic carbocycles. The first-order chi connectivity index (χ1) is 9.06. The van der Waals surface area contributed by atoms with Crippen molar-refractivity contribution in [1.82, 2.24) is 9.97 Å². The van der Waals surface area contributed by atoms with E-state index in [4.69, 9.17) is 5.73 Å². The predicted octanol–water partition coefficient (Wildman–Crippen LogP) is 3.61. The number of nitrogens with two attached hydrogens (primary N) is 1. The van der Waals surface area contributed by atoms with Crippen LogP contribution in [0, 0.1) is 0 Å². The van der Waals surface area contributed by atoms with Gasteiger partial charge in [0.25, 0.3) is 0 Å². The third-order valence-corrected chi connectivity index (χ3v) is 3.65. The number of imidazole rings is 1. The minimum atomic E-state index is -0.388. The molecule has 0 spiro atoms. The molecule has 1 heterocycles. The molecule has 0 aliphatic carbocycles. The molecule has 3 heteroatoms. The molecule has 2 aromatic rings. The lowest BCUT2D eigenvalue weighted by Crippen LogP contribution is -2.33. The van der Waals surface area contributed by atoms with Gasteiger partial charge >= 0.3 is 0 Å². The fraction of sp³-hybridized carbons (Fsp3) is 0.438. The lowest BCUT2D eigenvalue weighted by atomic mass is 10.00. The molecule has 0 saturated carbocycles. The van der Waals surface area contributed by atoms with E-state index < -0.39 is 0 Å². The second-order valence-corrected chi connectivity index (χ2v) is 5.36. The van der Waals surface area contributed by atoms with Gasteiger partial charge in [-0.2, -0.15) is 0 Å². The zero-order valence-corrected chi connectivity index (χ0v) is 12.0. The molecule has 1 atom stereocenters. The van der Waals surface area contributed by atoms with E-state index in [9.17, 15) is 0 Å². The maximum Gasteiger partial charge on any atom is 0.126 e. The summed E-state index contributed by atoms with van der Waals surface area (Å²) in [5.41, 5.74) is 9.38. The standard InChI is InChI=1S/C16H23N3/c1-4-6-12-7-9-13(10-8-12)14-11-18-15(19-14)16(3,17)5-2/h7-11H,4-6,17H2,1-3H3,(H,18,19). The van der Waals surface area contributed by atoms with Crippen molar-refractivity contribution in [2.45, 2.75) is 45.6 Å². The van der Waals surface area contributed by atoms with Gasteiger partial charge in [0.1, 0.15) is 5.82 Å². The molecule has 19 heavy (non-hydrogen) atoms. The normalized spacial score (nSPS) is 14.3. The highest BCUT2D eigenvalue weighted by Gasteiger charge is 2.22. The summed E-state index contributed by atoms with van der Waals surface area (Å²) in [6, 6.07) is 8.64. The van der Waals surface area contributed by atoms with E-state index in [1.165, 1.54) is 12.0 Å². The molecule has 0 fully saturated rings. The van der Waals surface area contributed by atoms with Gasteiger partial charge in [-0.1, -0.05) is 44.5 Å². The van der Waals surface area contributed by atoms with Crippen LogP contribution in [-0.2, 0) is 12.0 Å². The number of H-pyrrole nitrogens is 1. The quantitative estimate of drug-likeness (QED) is 0.859. The van der Waals surface area contributed by atoms with Gasteiger partial charge in [0.15, 0.2) is 0 Å². The van der Waals surface area contributed by atoms with E-state index in [2.05, 4.69) is 48.1 Å². The number of aromatic nitrogens is 2. The predicted molar refractivity (Wildman–Crippen MR) is 79.8 cm³/mol. The first kappa shape index (κ1) is 13.8. The first-order valence-electron chi connectivity index (χ1n) is 7.00. The Kier molecular flexibility index (Phi) is 4.05. The lowest BCUT2D eigenvalue weighted by molar-refractivity contribution is 0.450. The van der Waals surface area contributed by atoms with Gasteiger partial charge < -0.3 is 10.7 Å². The van der Waals surface area contributed by atoms with E-state index in [1.807, 2.05) is 13.1 Å². The molecule has 1 aromatic heterocycles. The van der Waals surface area contributed by atoms with Gasteiger partial charge in [-0.3, -0.25) is 0 Å². The molecular weight excluding hydrogens is 234 g/mol. The average Bonchev–Trinajstić information content (AvgIpc) is 2.90. The van der Waals surface area contributed by atoms with Crippen LogP contribution in [0.3, 0.4) is 0 Å². The molecule has 102 valence electrons. The Bertz CT molecular complexity index is 523. The Hall–Kier alpha value is -1.61. The van der Waals surface area contributed by atoms with Crippen LogP contribution in [0.5, 0.6) is 0 Å². The maximum absolute atomic E-state index is 6.20. The van der Waals surface area contributed by atoms with Crippen LogP contribution in [0.2, 0.25) is 0 Å². The zero-order valence-electron chi connectivity index (χ0n) is 12.0. The van der Waals surface area contributed by atoms with Crippen LogP contribution >= 0.6 is 0 Å². The van der Waals surface area contributed by atoms with Crippen molar-refractivity contribution >= 4 is 0 Å². The second-order valence-electron chi connectivity index (χ2n) is 5.36. The van der Waals surface area contributed by atoms with Crippen molar-refractivity contribution in [3.63, 3.8) is 0 Å². The number of nitrogens with one attached hydrogen (secondary N) is 1. The number of rotatable bonds is 5. The monoisotopic (exact) mass is 257 g/mol. The lowest BCUT2D eigenvalue weighted by Gasteiger charge is -2.19. The van der Waals surface area contributed by atoms with Crippen molar-refractivity contribution in [3.05, 3.63) is 41.9 Å². The van der Waals surface area contributed by atoms with Crippen molar-refractivity contribution in [3.8, 4) is 11.3 Å². The SMILES string of the molecule is CCCc1ccc(-c2cnc(C(C)(N)CC)[nH]2)cc1. The van der Waals surface area contributed by atoms with Gasteiger partial charge in [0.2, 0.25) is 0 Å². The van der Waals surface area contributed by atoms with Crippen molar-refractivity contribution in [2.24, 2.45) is 5.73 Å². The third kappa shape index (κ3) is 3.04. The number of nitrogens with zero attached hydrogens (tertiary/aromatic N) is 1. The van der Waals surface area contributed by atoms with Crippen LogP contribution in [0.15, 0.2) is 30.5 Å². The van der Waals surface area contributed by atoms with E-state index in [1.54, 1.807) is 0 Å². The average molecular weight is 257 g/mol. The summed E-state index contributed by atoms with van der Waals surface area (Å²) in [4.78, 5) is 7.75. The molecule has 3 nitrogen and oxygen atoms in total. The number of aryl methyl sites for hydroxylation is 1. The van der Waals surface area contributed by atoms with Crippen molar-refractivity contribution < 1.29 is 0 Å². The molecular formula is C16H23N3. The topological polar surface area (TPSA) is 54.7 Å². The molecule has 0 radical (unpaired) electrons. The Balaban J connectivity index is 2.23. The smallest absolute Gasteiger partial charge is 0.126 e. The largest absolute Gasteiger partial charge is 0.340 e. The van der Waals surface area contributed by atoms with Crippen LogP contribution in [0.1, 0.15) is 45.0 Å². The third-order valence-electron chi connectivity index (χ3n) is 3.65. The number of aromatic amines is 1. The van der Waals surface area contributed by atoms with Crippen LogP contribution in [0.4, 0.5) is 0 Å². The molecule has 0 amide bonds. The van der Waals surface area contributed by atoms with E-state index in [-0.39, 0.29) is 5.54 Å². The second kappa shape index (κ2) is 5.57. The summed E-state index contributed by atoms with van der Waals surface area (Å²) in [6.07, 6.45) is 5.03. The molecule has 0 aliphatic rings. The first-order valence-corrected chi connectivity index (χ1v) is 7.00. The minimum Gasteiger partial charge on any atom is -0.340 e. The Labute approximate surface area is 115 Å². The van der Waals surface area contributed by atoms with Crippen molar-refractivity contribution in [1.29, 1.82) is 0 Å². The number of hydrogen-bond acceptors (Lipinski definition) is 2. The number of hydrogen-bond donors (Lipinski definition) is 2. The highest BCUT2D eigenvalue weighted by molar-refractivity contribution is 5.59. The van der Waals surface area contributed by atoms with Crippen LogP contribution in [0.25, 0.3) is 11.3 Å². The minimum absolute atomic E-state index is 0.388. The van der Waals surface area contributed by atoms with E-state index in [0.717, 1.165) is 29.9 Å². The molecule has 0 bridgehead atoms. The van der Waals surface area contributed by atoms with Gasteiger partial charge in [-0.15, -0.1) is 0 Å². The molecule has 1 unspecified atom stereocenters. The molecule has 0 saturated heterocycles. The van der Waals surface area contributed by atoms with Crippen LogP contribution < -0.4 is 5.73 Å². The van der Waals surface area contributed by atoms with Gasteiger partial charge in [0.05, 0.1) is 17.4 Å². The van der Waals surface area contributed by atoms with E-state index >= 15 is 0 Å². The summed E-state index contributed by atoms with van der Waals surface area (Å²) < 4.78 is 0. The Morgan fingerprint density at radius 3 is 2.47 bits per heavy atom. The Morgan fingerprint density at radius 2 is 1.89 bits per heavy atom. The van der Waals surface area contributed by atoms with Gasteiger partial charge in [-0.05, 0) is 30.9 Å². The molecule has 3 N–H and O–H groups in total. The molecule has 2 rings (SSSR count). The fourth-order valence-corrected chi connectivity index (χ4v) is 2.07. The van der Waals surface area contributed by atoms with Crippen molar-refractivity contribution in [2.75, 3.05) is 0 Å². The van der Waals surface area contributed by atoms with Crippen LogP contribution in [-0.4, -0.2) is 9.97 Å². The summed E-state index contributed by atoms with van der Waals surface area (Å²) >= 11 is 0.